The van der Waals surface area contributed by atoms with Crippen molar-refractivity contribution in [2.24, 2.45) is 0 Å². The Morgan fingerprint density at radius 1 is 1.50 bits per heavy atom. The Hall–Kier alpha value is -1.36. The molecule has 1 atom stereocenters. The maximum absolute atomic E-state index is 13.1. The minimum Gasteiger partial charge on any atom is -0.383 e. The summed E-state index contributed by atoms with van der Waals surface area (Å²) in [7, 11) is 0. The molecule has 84 valence electrons. The molecule has 0 saturated heterocycles. The maximum atomic E-state index is 13.1. The maximum Gasteiger partial charge on any atom is 0.136 e. The number of aromatic nitrogens is 2. The van der Waals surface area contributed by atoms with E-state index in [1.54, 1.807) is 16.9 Å². The van der Waals surface area contributed by atoms with Crippen molar-refractivity contribution in [3.8, 4) is 0 Å². The van der Waals surface area contributed by atoms with Crippen LogP contribution in [0.25, 0.3) is 0 Å². The van der Waals surface area contributed by atoms with Gasteiger partial charge in [0.1, 0.15) is 11.6 Å². The normalized spacial score (nSPS) is 12.7. The van der Waals surface area contributed by atoms with E-state index >= 15 is 0 Å². The number of benzene rings is 1. The van der Waals surface area contributed by atoms with Crippen molar-refractivity contribution in [2.75, 3.05) is 5.73 Å². The number of nitrogens with zero attached hydrogens (tertiary/aromatic N) is 2. The zero-order valence-electron chi connectivity index (χ0n) is 8.69. The second-order valence-corrected chi connectivity index (χ2v) is 4.41. The van der Waals surface area contributed by atoms with Gasteiger partial charge in [0.25, 0.3) is 0 Å². The number of halogens is 2. The van der Waals surface area contributed by atoms with Crippen molar-refractivity contribution in [3.05, 3.63) is 46.3 Å². The molecule has 0 aliphatic carbocycles. The first-order valence-corrected chi connectivity index (χ1v) is 5.63. The van der Waals surface area contributed by atoms with Gasteiger partial charge in [-0.3, -0.25) is 0 Å². The molecule has 0 saturated carbocycles. The standard InChI is InChI=1S/C11H11BrFN3/c1-7(8-3-2-4-9(13)5-8)16-11(14)10(12)6-15-16/h2-7H,14H2,1H3. The van der Waals surface area contributed by atoms with Gasteiger partial charge in [0.15, 0.2) is 0 Å². The first-order chi connectivity index (χ1) is 7.59. The summed E-state index contributed by atoms with van der Waals surface area (Å²) in [4.78, 5) is 0. The monoisotopic (exact) mass is 283 g/mol. The van der Waals surface area contributed by atoms with E-state index < -0.39 is 0 Å². The van der Waals surface area contributed by atoms with Crippen molar-refractivity contribution in [3.63, 3.8) is 0 Å². The van der Waals surface area contributed by atoms with Gasteiger partial charge < -0.3 is 5.73 Å². The van der Waals surface area contributed by atoms with E-state index in [0.717, 1.165) is 10.0 Å². The Kier molecular flexibility index (Phi) is 2.96. The molecule has 2 aromatic rings. The van der Waals surface area contributed by atoms with Crippen LogP contribution in [-0.4, -0.2) is 9.78 Å². The number of rotatable bonds is 2. The molecular weight excluding hydrogens is 273 g/mol. The van der Waals surface area contributed by atoms with Crippen molar-refractivity contribution in [1.82, 2.24) is 9.78 Å². The van der Waals surface area contributed by atoms with Gasteiger partial charge in [-0.1, -0.05) is 12.1 Å². The molecule has 5 heteroatoms. The molecule has 0 radical (unpaired) electrons. The Balaban J connectivity index is 2.39. The summed E-state index contributed by atoms with van der Waals surface area (Å²) in [5, 5.41) is 4.14. The van der Waals surface area contributed by atoms with Crippen LogP contribution in [-0.2, 0) is 0 Å². The average molecular weight is 284 g/mol. The molecule has 0 fully saturated rings. The van der Waals surface area contributed by atoms with Crippen LogP contribution in [0.15, 0.2) is 34.9 Å². The SMILES string of the molecule is CC(c1cccc(F)c1)n1ncc(Br)c1N. The molecule has 2 N–H and O–H groups in total. The largest absolute Gasteiger partial charge is 0.383 e. The van der Waals surface area contributed by atoms with Crippen LogP contribution in [0.4, 0.5) is 10.2 Å². The lowest BCUT2D eigenvalue weighted by molar-refractivity contribution is 0.563. The molecular formula is C11H11BrFN3. The Morgan fingerprint density at radius 2 is 2.25 bits per heavy atom. The number of anilines is 1. The lowest BCUT2D eigenvalue weighted by Crippen LogP contribution is -2.11. The second-order valence-electron chi connectivity index (χ2n) is 3.55. The van der Waals surface area contributed by atoms with E-state index in [2.05, 4.69) is 21.0 Å². The Bertz CT molecular complexity index is 510. The van der Waals surface area contributed by atoms with Crippen LogP contribution in [0, 0.1) is 5.82 Å². The van der Waals surface area contributed by atoms with E-state index in [1.807, 2.05) is 13.0 Å². The molecule has 3 nitrogen and oxygen atoms in total. The van der Waals surface area contributed by atoms with Gasteiger partial charge in [-0.2, -0.15) is 5.10 Å². The quantitative estimate of drug-likeness (QED) is 0.921. The Labute approximate surface area is 101 Å². The molecule has 0 spiro atoms. The third-order valence-electron chi connectivity index (χ3n) is 2.48. The topological polar surface area (TPSA) is 43.8 Å². The van der Waals surface area contributed by atoms with Gasteiger partial charge in [0.05, 0.1) is 16.7 Å². The highest BCUT2D eigenvalue weighted by molar-refractivity contribution is 9.10. The molecule has 1 aromatic carbocycles. The number of hydrogen-bond acceptors (Lipinski definition) is 2. The molecule has 0 aliphatic heterocycles. The average Bonchev–Trinajstić information content (AvgIpc) is 2.59. The highest BCUT2D eigenvalue weighted by Crippen LogP contribution is 2.25. The molecule has 0 bridgehead atoms. The summed E-state index contributed by atoms with van der Waals surface area (Å²) in [5.41, 5.74) is 6.67. The van der Waals surface area contributed by atoms with E-state index in [1.165, 1.54) is 12.1 Å². The van der Waals surface area contributed by atoms with Gasteiger partial charge >= 0.3 is 0 Å². The van der Waals surface area contributed by atoms with Crippen molar-refractivity contribution >= 4 is 21.7 Å². The predicted molar refractivity (Wildman–Crippen MR) is 64.6 cm³/mol. The predicted octanol–water partition coefficient (Wildman–Crippen LogP) is 2.98. The lowest BCUT2D eigenvalue weighted by atomic mass is 10.1. The minimum atomic E-state index is -0.255. The molecule has 1 unspecified atom stereocenters. The minimum absolute atomic E-state index is 0.0954. The second kappa shape index (κ2) is 4.25. The van der Waals surface area contributed by atoms with Gasteiger partial charge in [-0.15, -0.1) is 0 Å². The van der Waals surface area contributed by atoms with Gasteiger partial charge in [0.2, 0.25) is 0 Å². The van der Waals surface area contributed by atoms with E-state index in [0.29, 0.717) is 5.82 Å². The molecule has 1 heterocycles. The number of nitrogen functional groups attached to an aromatic ring is 1. The van der Waals surface area contributed by atoms with Gasteiger partial charge in [-0.25, -0.2) is 9.07 Å². The van der Waals surface area contributed by atoms with Crippen molar-refractivity contribution in [2.45, 2.75) is 13.0 Å². The molecule has 1 aromatic heterocycles. The molecule has 2 rings (SSSR count). The zero-order valence-corrected chi connectivity index (χ0v) is 10.3. The van der Waals surface area contributed by atoms with Crippen LogP contribution in [0.2, 0.25) is 0 Å². The first-order valence-electron chi connectivity index (χ1n) is 4.83. The van der Waals surface area contributed by atoms with E-state index in [4.69, 9.17) is 5.73 Å². The fourth-order valence-electron chi connectivity index (χ4n) is 1.57. The lowest BCUT2D eigenvalue weighted by Gasteiger charge is -2.14. The summed E-state index contributed by atoms with van der Waals surface area (Å²) < 4.78 is 15.5. The van der Waals surface area contributed by atoms with Gasteiger partial charge in [-0.05, 0) is 40.5 Å². The van der Waals surface area contributed by atoms with Gasteiger partial charge in [0, 0.05) is 0 Å². The fraction of sp³-hybridized carbons (Fsp3) is 0.182. The third-order valence-corrected chi connectivity index (χ3v) is 3.10. The fourth-order valence-corrected chi connectivity index (χ4v) is 1.84. The highest BCUT2D eigenvalue weighted by atomic mass is 79.9. The summed E-state index contributed by atoms with van der Waals surface area (Å²) in [6.45, 7) is 1.92. The smallest absolute Gasteiger partial charge is 0.136 e. The van der Waals surface area contributed by atoms with Crippen LogP contribution in [0.3, 0.4) is 0 Å². The third kappa shape index (κ3) is 1.95. The summed E-state index contributed by atoms with van der Waals surface area (Å²) in [5.74, 6) is 0.283. The summed E-state index contributed by atoms with van der Waals surface area (Å²) in [6, 6.07) is 6.33. The van der Waals surface area contributed by atoms with E-state index in [9.17, 15) is 4.39 Å². The van der Waals surface area contributed by atoms with E-state index in [-0.39, 0.29) is 11.9 Å². The van der Waals surface area contributed by atoms with Crippen LogP contribution in [0.5, 0.6) is 0 Å². The van der Waals surface area contributed by atoms with Crippen LogP contribution < -0.4 is 5.73 Å². The zero-order chi connectivity index (χ0) is 11.7. The molecule has 16 heavy (non-hydrogen) atoms. The number of hydrogen-bond donors (Lipinski definition) is 1. The summed E-state index contributed by atoms with van der Waals surface area (Å²) in [6.07, 6.45) is 1.63. The Morgan fingerprint density at radius 3 is 2.81 bits per heavy atom. The van der Waals surface area contributed by atoms with Crippen molar-refractivity contribution in [1.29, 1.82) is 0 Å². The van der Waals surface area contributed by atoms with Crippen molar-refractivity contribution < 1.29 is 4.39 Å². The molecule has 0 aliphatic rings. The van der Waals surface area contributed by atoms with Crippen LogP contribution >= 0.6 is 15.9 Å². The highest BCUT2D eigenvalue weighted by Gasteiger charge is 2.13. The molecule has 0 amide bonds. The first kappa shape index (κ1) is 11.1. The summed E-state index contributed by atoms with van der Waals surface area (Å²) >= 11 is 3.29. The van der Waals surface area contributed by atoms with Crippen LogP contribution in [0.1, 0.15) is 18.5 Å². The number of nitrogens with two attached hydrogens (primary N) is 1.